The van der Waals surface area contributed by atoms with Gasteiger partial charge < -0.3 is 15.1 Å². The quantitative estimate of drug-likeness (QED) is 0.358. The number of benzene rings is 1. The maximum absolute atomic E-state index is 13.2. The third-order valence-corrected chi connectivity index (χ3v) is 7.17. The lowest BCUT2D eigenvalue weighted by Gasteiger charge is -2.34. The Bertz CT molecular complexity index is 1590. The van der Waals surface area contributed by atoms with Crippen molar-refractivity contribution in [2.45, 2.75) is 25.9 Å². The Balaban J connectivity index is 1.34. The van der Waals surface area contributed by atoms with Crippen molar-refractivity contribution in [3.63, 3.8) is 0 Å². The predicted octanol–water partition coefficient (Wildman–Crippen LogP) is 2.23. The number of aromatic nitrogens is 6. The van der Waals surface area contributed by atoms with Crippen molar-refractivity contribution < 1.29 is 0 Å². The number of rotatable bonds is 8. The minimum absolute atomic E-state index is 0.160. The van der Waals surface area contributed by atoms with E-state index in [0.29, 0.717) is 35.3 Å². The van der Waals surface area contributed by atoms with Gasteiger partial charge in [-0.1, -0.05) is 6.08 Å². The summed E-state index contributed by atoms with van der Waals surface area (Å²) < 4.78 is 4.63. The SMILES string of the molecule is C=CCn1c(=O)c2cnc(Nc3ccc(N4CCN(C)CC4)cc3)nc2n1-c1ccc(=O)n(CC2CC2)n1. The number of nitrogens with one attached hydrogen (secondary N) is 1. The molecule has 2 fully saturated rings. The van der Waals surface area contributed by atoms with Crippen LogP contribution in [0, 0.1) is 5.92 Å². The molecule has 38 heavy (non-hydrogen) atoms. The Morgan fingerprint density at radius 3 is 2.53 bits per heavy atom. The first kappa shape index (κ1) is 24.1. The number of nitrogens with zero attached hydrogens (tertiary/aromatic N) is 8. The molecule has 11 nitrogen and oxygen atoms in total. The molecule has 4 heterocycles. The van der Waals surface area contributed by atoms with E-state index in [2.05, 4.69) is 51.0 Å². The summed E-state index contributed by atoms with van der Waals surface area (Å²) in [4.78, 5) is 39.4. The van der Waals surface area contributed by atoms with Crippen LogP contribution in [0.5, 0.6) is 0 Å². The molecule has 196 valence electrons. The van der Waals surface area contributed by atoms with Gasteiger partial charge in [-0.25, -0.2) is 19.0 Å². The van der Waals surface area contributed by atoms with E-state index in [4.69, 9.17) is 4.98 Å². The molecular formula is C27H31N9O2. The normalized spacial score (nSPS) is 16.2. The molecule has 6 rings (SSSR count). The van der Waals surface area contributed by atoms with Crippen LogP contribution in [0.1, 0.15) is 12.8 Å². The van der Waals surface area contributed by atoms with Crippen molar-refractivity contribution >= 4 is 28.4 Å². The summed E-state index contributed by atoms with van der Waals surface area (Å²) in [5, 5.41) is 8.21. The fourth-order valence-corrected chi connectivity index (χ4v) is 4.78. The molecule has 1 aliphatic carbocycles. The van der Waals surface area contributed by atoms with Crippen molar-refractivity contribution in [1.29, 1.82) is 0 Å². The largest absolute Gasteiger partial charge is 0.369 e. The molecule has 0 atom stereocenters. The summed E-state index contributed by atoms with van der Waals surface area (Å²) in [7, 11) is 2.15. The lowest BCUT2D eigenvalue weighted by Crippen LogP contribution is -2.44. The highest BCUT2D eigenvalue weighted by Crippen LogP contribution is 2.30. The van der Waals surface area contributed by atoms with Gasteiger partial charge in [0, 0.05) is 56.4 Å². The average molecular weight is 514 g/mol. The molecule has 1 aliphatic heterocycles. The molecule has 1 saturated carbocycles. The summed E-state index contributed by atoms with van der Waals surface area (Å²) >= 11 is 0. The Morgan fingerprint density at radius 1 is 1.05 bits per heavy atom. The molecule has 0 radical (unpaired) electrons. The van der Waals surface area contributed by atoms with E-state index in [1.165, 1.54) is 27.3 Å². The highest BCUT2D eigenvalue weighted by atomic mass is 16.1. The fraction of sp³-hybridized carbons (Fsp3) is 0.370. The van der Waals surface area contributed by atoms with Crippen LogP contribution in [0.2, 0.25) is 0 Å². The van der Waals surface area contributed by atoms with Gasteiger partial charge in [0.2, 0.25) is 5.95 Å². The van der Waals surface area contributed by atoms with Crippen LogP contribution in [0.15, 0.2) is 64.8 Å². The zero-order chi connectivity index (χ0) is 26.2. The Kier molecular flexibility index (Phi) is 6.28. The van der Waals surface area contributed by atoms with Crippen LogP contribution in [-0.4, -0.2) is 67.2 Å². The molecule has 3 aromatic heterocycles. The van der Waals surface area contributed by atoms with Crippen molar-refractivity contribution in [3.8, 4) is 5.82 Å². The van der Waals surface area contributed by atoms with E-state index in [1.807, 2.05) is 12.1 Å². The number of piperazine rings is 1. The number of hydrogen-bond donors (Lipinski definition) is 1. The molecule has 2 aliphatic rings. The van der Waals surface area contributed by atoms with Gasteiger partial charge in [-0.05, 0) is 56.1 Å². The van der Waals surface area contributed by atoms with Gasteiger partial charge in [0.05, 0.1) is 6.54 Å². The molecule has 0 unspecified atom stereocenters. The van der Waals surface area contributed by atoms with Gasteiger partial charge in [0.1, 0.15) is 5.39 Å². The standard InChI is InChI=1S/C27H31N9O2/c1-3-12-35-26(38)22-17-28-27(29-20-6-8-21(9-7-20)33-15-13-32(2)14-16-33)30-25(22)36(35)23-10-11-24(37)34(31-23)18-19-4-5-19/h3,6-11,17,19H,1,4-5,12-16,18H2,2H3,(H,28,29,30). The van der Waals surface area contributed by atoms with E-state index in [9.17, 15) is 9.59 Å². The number of likely N-dealkylation sites (N-methyl/N-ethyl adjacent to an activating group) is 1. The van der Waals surface area contributed by atoms with E-state index < -0.39 is 0 Å². The molecule has 1 aromatic carbocycles. The lowest BCUT2D eigenvalue weighted by molar-refractivity contribution is 0.313. The van der Waals surface area contributed by atoms with E-state index in [-0.39, 0.29) is 17.7 Å². The van der Waals surface area contributed by atoms with E-state index in [0.717, 1.165) is 44.7 Å². The molecular weight excluding hydrogens is 482 g/mol. The number of hydrogen-bond acceptors (Lipinski definition) is 8. The van der Waals surface area contributed by atoms with E-state index >= 15 is 0 Å². The molecule has 1 N–H and O–H groups in total. The van der Waals surface area contributed by atoms with Gasteiger partial charge in [-0.3, -0.25) is 9.59 Å². The Labute approximate surface area is 219 Å². The minimum atomic E-state index is -0.246. The summed E-state index contributed by atoms with van der Waals surface area (Å²) in [5.41, 5.74) is 2.03. The zero-order valence-electron chi connectivity index (χ0n) is 21.5. The highest BCUT2D eigenvalue weighted by molar-refractivity contribution is 5.77. The number of anilines is 3. The maximum Gasteiger partial charge on any atom is 0.278 e. The van der Waals surface area contributed by atoms with Crippen LogP contribution < -0.4 is 21.3 Å². The second-order valence-electron chi connectivity index (χ2n) is 10.0. The van der Waals surface area contributed by atoms with Crippen molar-refractivity contribution in [3.05, 3.63) is 76.0 Å². The zero-order valence-corrected chi connectivity index (χ0v) is 21.5. The lowest BCUT2D eigenvalue weighted by atomic mass is 10.2. The summed E-state index contributed by atoms with van der Waals surface area (Å²) in [6.07, 6.45) is 5.38. The average Bonchev–Trinajstić information content (AvgIpc) is 3.70. The molecule has 0 amide bonds. The van der Waals surface area contributed by atoms with Crippen molar-refractivity contribution in [1.82, 2.24) is 34.0 Å². The fourth-order valence-electron chi connectivity index (χ4n) is 4.78. The van der Waals surface area contributed by atoms with Crippen LogP contribution in [0.4, 0.5) is 17.3 Å². The summed E-state index contributed by atoms with van der Waals surface area (Å²) in [6.45, 7) is 8.74. The predicted molar refractivity (Wildman–Crippen MR) is 148 cm³/mol. The molecule has 4 aromatic rings. The second-order valence-corrected chi connectivity index (χ2v) is 10.0. The summed E-state index contributed by atoms with van der Waals surface area (Å²) in [6, 6.07) is 11.3. The second kappa shape index (κ2) is 9.90. The molecule has 1 saturated heterocycles. The van der Waals surface area contributed by atoms with Crippen LogP contribution >= 0.6 is 0 Å². The smallest absolute Gasteiger partial charge is 0.278 e. The monoisotopic (exact) mass is 513 g/mol. The van der Waals surface area contributed by atoms with Gasteiger partial charge in [-0.2, -0.15) is 4.98 Å². The van der Waals surface area contributed by atoms with Crippen LogP contribution in [0.25, 0.3) is 16.9 Å². The van der Waals surface area contributed by atoms with Gasteiger partial charge in [0.25, 0.3) is 11.1 Å². The first-order chi connectivity index (χ1) is 18.5. The Hall–Kier alpha value is -4.25. The molecule has 11 heteroatoms. The molecule has 0 bridgehead atoms. The van der Waals surface area contributed by atoms with Gasteiger partial charge in [-0.15, -0.1) is 11.7 Å². The first-order valence-electron chi connectivity index (χ1n) is 13.0. The highest BCUT2D eigenvalue weighted by Gasteiger charge is 2.24. The third kappa shape index (κ3) is 4.72. The Morgan fingerprint density at radius 2 is 1.82 bits per heavy atom. The first-order valence-corrected chi connectivity index (χ1v) is 13.0. The summed E-state index contributed by atoms with van der Waals surface area (Å²) in [5.74, 6) is 1.29. The van der Waals surface area contributed by atoms with Gasteiger partial charge >= 0.3 is 0 Å². The van der Waals surface area contributed by atoms with Crippen molar-refractivity contribution in [2.75, 3.05) is 43.4 Å². The number of allylic oxidation sites excluding steroid dienone is 1. The minimum Gasteiger partial charge on any atom is -0.369 e. The van der Waals surface area contributed by atoms with Gasteiger partial charge in [0.15, 0.2) is 11.5 Å². The molecule has 0 spiro atoms. The van der Waals surface area contributed by atoms with Crippen LogP contribution in [-0.2, 0) is 13.1 Å². The number of fused-ring (bicyclic) bond motifs is 1. The van der Waals surface area contributed by atoms with Crippen LogP contribution in [0.3, 0.4) is 0 Å². The maximum atomic E-state index is 13.2. The third-order valence-electron chi connectivity index (χ3n) is 7.17. The topological polar surface area (TPSA) is 106 Å². The van der Waals surface area contributed by atoms with Crippen molar-refractivity contribution in [2.24, 2.45) is 5.92 Å². The van der Waals surface area contributed by atoms with E-state index in [1.54, 1.807) is 16.8 Å².